The topological polar surface area (TPSA) is 112 Å². The zero-order chi connectivity index (χ0) is 21.8. The molecule has 3 N–H and O–H groups in total. The Balaban J connectivity index is 0.000000396. The third kappa shape index (κ3) is 7.92. The number of unbranched alkanes of at least 4 members (excludes halogenated alkanes) is 1. The lowest BCUT2D eigenvalue weighted by Crippen LogP contribution is -2.49. The van der Waals surface area contributed by atoms with E-state index in [1.807, 2.05) is 37.3 Å². The fourth-order valence-corrected chi connectivity index (χ4v) is 3.50. The van der Waals surface area contributed by atoms with Crippen LogP contribution in [0.2, 0.25) is 0 Å². The molecular formula is C21H28N4O4S. The smallest absolute Gasteiger partial charge is 0.303 e. The van der Waals surface area contributed by atoms with Gasteiger partial charge in [-0.2, -0.15) is 0 Å². The molecule has 1 fully saturated rings. The van der Waals surface area contributed by atoms with Crippen LogP contribution in [0.25, 0.3) is 10.6 Å². The predicted molar refractivity (Wildman–Crippen MR) is 116 cm³/mol. The molecule has 1 aliphatic heterocycles. The highest BCUT2D eigenvalue weighted by atomic mass is 32.1. The first-order valence-electron chi connectivity index (χ1n) is 10.0. The Labute approximate surface area is 180 Å². The summed E-state index contributed by atoms with van der Waals surface area (Å²) < 4.78 is 0. The van der Waals surface area contributed by atoms with E-state index >= 15 is 0 Å². The highest BCUT2D eigenvalue weighted by molar-refractivity contribution is 7.13. The molecule has 162 valence electrons. The van der Waals surface area contributed by atoms with Crippen molar-refractivity contribution < 1.29 is 19.5 Å². The molecule has 2 aromatic rings. The van der Waals surface area contributed by atoms with Crippen LogP contribution in [0.4, 0.5) is 0 Å². The van der Waals surface area contributed by atoms with Crippen LogP contribution in [-0.2, 0) is 9.59 Å². The van der Waals surface area contributed by atoms with E-state index in [1.54, 1.807) is 10.3 Å². The van der Waals surface area contributed by atoms with Crippen LogP contribution in [0.3, 0.4) is 0 Å². The Bertz CT molecular complexity index is 819. The van der Waals surface area contributed by atoms with Crippen molar-refractivity contribution in [2.75, 3.05) is 32.7 Å². The molecule has 30 heavy (non-hydrogen) atoms. The third-order valence-electron chi connectivity index (χ3n) is 4.37. The summed E-state index contributed by atoms with van der Waals surface area (Å²) in [7, 11) is 0. The lowest BCUT2D eigenvalue weighted by Gasteiger charge is -2.27. The number of nitrogens with zero attached hydrogens (tertiary/aromatic N) is 2. The van der Waals surface area contributed by atoms with Gasteiger partial charge in [0.25, 0.3) is 5.91 Å². The maximum absolute atomic E-state index is 12.1. The molecule has 9 heteroatoms. The number of thiazole rings is 1. The molecule has 2 amide bonds. The minimum absolute atomic E-state index is 0.0109. The van der Waals surface area contributed by atoms with Crippen LogP contribution in [0, 0.1) is 0 Å². The molecule has 0 spiro atoms. The summed E-state index contributed by atoms with van der Waals surface area (Å²) in [5.74, 6) is -1.06. The van der Waals surface area contributed by atoms with Crippen molar-refractivity contribution in [3.8, 4) is 10.6 Å². The van der Waals surface area contributed by atoms with Crippen molar-refractivity contribution >= 4 is 29.1 Å². The molecule has 1 aliphatic rings. The number of rotatable bonds is 7. The van der Waals surface area contributed by atoms with Crippen molar-refractivity contribution in [2.45, 2.75) is 26.2 Å². The number of carboxylic acids is 1. The Kier molecular flexibility index (Phi) is 9.96. The van der Waals surface area contributed by atoms with Gasteiger partial charge in [0.2, 0.25) is 5.91 Å². The predicted octanol–water partition coefficient (Wildman–Crippen LogP) is 2.23. The van der Waals surface area contributed by atoms with Gasteiger partial charge in [0, 0.05) is 43.5 Å². The van der Waals surface area contributed by atoms with Crippen LogP contribution in [0.15, 0.2) is 35.7 Å². The van der Waals surface area contributed by atoms with Gasteiger partial charge in [0.1, 0.15) is 10.7 Å². The van der Waals surface area contributed by atoms with Crippen molar-refractivity contribution in [3.05, 3.63) is 41.4 Å². The zero-order valence-electron chi connectivity index (χ0n) is 17.1. The molecule has 0 bridgehead atoms. The Morgan fingerprint density at radius 3 is 2.50 bits per heavy atom. The number of benzene rings is 1. The summed E-state index contributed by atoms with van der Waals surface area (Å²) in [6, 6.07) is 9.71. The van der Waals surface area contributed by atoms with Gasteiger partial charge >= 0.3 is 5.97 Å². The van der Waals surface area contributed by atoms with E-state index in [0.717, 1.165) is 36.5 Å². The average molecular weight is 433 g/mol. The Morgan fingerprint density at radius 1 is 1.20 bits per heavy atom. The minimum Gasteiger partial charge on any atom is -0.481 e. The summed E-state index contributed by atoms with van der Waals surface area (Å²) >= 11 is 1.42. The van der Waals surface area contributed by atoms with Gasteiger partial charge in [0.05, 0.1) is 6.54 Å². The van der Waals surface area contributed by atoms with Gasteiger partial charge < -0.3 is 20.6 Å². The molecule has 0 unspecified atom stereocenters. The first-order valence-corrected chi connectivity index (χ1v) is 10.9. The molecule has 1 aromatic carbocycles. The molecule has 1 saturated heterocycles. The van der Waals surface area contributed by atoms with Crippen LogP contribution >= 0.6 is 11.3 Å². The third-order valence-corrected chi connectivity index (χ3v) is 5.26. The molecule has 1 aromatic heterocycles. The lowest BCUT2D eigenvalue weighted by molar-refractivity contribution is -0.137. The van der Waals surface area contributed by atoms with E-state index in [4.69, 9.17) is 5.11 Å². The number of piperazine rings is 1. The van der Waals surface area contributed by atoms with Gasteiger partial charge in [-0.15, -0.1) is 11.3 Å². The van der Waals surface area contributed by atoms with Gasteiger partial charge in [-0.25, -0.2) is 4.98 Å². The summed E-state index contributed by atoms with van der Waals surface area (Å²) in [6.45, 7) is 4.95. The van der Waals surface area contributed by atoms with Crippen LogP contribution in [-0.4, -0.2) is 65.5 Å². The molecule has 2 heterocycles. The van der Waals surface area contributed by atoms with Crippen LogP contribution in [0.5, 0.6) is 0 Å². The molecule has 0 atom stereocenters. The monoisotopic (exact) mass is 432 g/mol. The molecule has 0 radical (unpaired) electrons. The van der Waals surface area contributed by atoms with E-state index in [1.165, 1.54) is 11.3 Å². The van der Waals surface area contributed by atoms with E-state index < -0.39 is 5.97 Å². The molecule has 0 saturated carbocycles. The largest absolute Gasteiger partial charge is 0.481 e. The molecule has 3 rings (SSSR count). The highest BCUT2D eigenvalue weighted by Crippen LogP contribution is 2.23. The Hall–Kier alpha value is -2.78. The second-order valence-corrected chi connectivity index (χ2v) is 7.57. The normalized spacial score (nSPS) is 13.2. The summed E-state index contributed by atoms with van der Waals surface area (Å²) in [5.41, 5.74) is 1.33. The van der Waals surface area contributed by atoms with Gasteiger partial charge in [0.15, 0.2) is 0 Å². The maximum atomic E-state index is 12.1. The number of nitrogens with one attached hydrogen (secondary N) is 2. The second kappa shape index (κ2) is 12.7. The molecular weight excluding hydrogens is 404 g/mol. The van der Waals surface area contributed by atoms with Crippen LogP contribution < -0.4 is 10.6 Å². The van der Waals surface area contributed by atoms with E-state index in [9.17, 15) is 14.4 Å². The molecule has 0 aliphatic carbocycles. The average Bonchev–Trinajstić information content (AvgIpc) is 3.28. The van der Waals surface area contributed by atoms with E-state index in [-0.39, 0.29) is 18.4 Å². The zero-order valence-corrected chi connectivity index (χ0v) is 17.9. The highest BCUT2D eigenvalue weighted by Gasteiger charge is 2.18. The fourth-order valence-electron chi connectivity index (χ4n) is 2.69. The number of aromatic nitrogens is 1. The summed E-state index contributed by atoms with van der Waals surface area (Å²) in [6.07, 6.45) is 2.08. The molecule has 8 nitrogen and oxygen atoms in total. The summed E-state index contributed by atoms with van der Waals surface area (Å²) in [5, 5.41) is 16.4. The van der Waals surface area contributed by atoms with Crippen molar-refractivity contribution in [1.82, 2.24) is 20.5 Å². The maximum Gasteiger partial charge on any atom is 0.303 e. The second-order valence-electron chi connectivity index (χ2n) is 6.71. The number of hydrogen-bond donors (Lipinski definition) is 3. The van der Waals surface area contributed by atoms with Crippen molar-refractivity contribution in [1.29, 1.82) is 0 Å². The number of carboxylic acid groups (broad SMARTS) is 1. The number of carbonyl (C=O) groups is 3. The van der Waals surface area contributed by atoms with Crippen LogP contribution in [0.1, 0.15) is 36.7 Å². The number of hydrogen-bond acceptors (Lipinski definition) is 6. The van der Waals surface area contributed by atoms with Gasteiger partial charge in [-0.3, -0.25) is 14.4 Å². The Morgan fingerprint density at radius 2 is 1.90 bits per heavy atom. The first kappa shape index (κ1) is 23.5. The fraction of sp³-hybridized carbons (Fsp3) is 0.429. The number of amides is 2. The van der Waals surface area contributed by atoms with Gasteiger partial charge in [-0.05, 0) is 6.42 Å². The van der Waals surface area contributed by atoms with E-state index in [0.29, 0.717) is 25.2 Å². The van der Waals surface area contributed by atoms with E-state index in [2.05, 4.69) is 15.6 Å². The quantitative estimate of drug-likeness (QED) is 0.619. The lowest BCUT2D eigenvalue weighted by atomic mass is 10.2. The van der Waals surface area contributed by atoms with Crippen molar-refractivity contribution in [2.24, 2.45) is 0 Å². The number of carbonyl (C=O) groups excluding carboxylic acids is 2. The number of aliphatic carboxylic acids is 1. The van der Waals surface area contributed by atoms with Gasteiger partial charge in [-0.1, -0.05) is 43.7 Å². The first-order chi connectivity index (χ1) is 14.5. The minimum atomic E-state index is -0.693. The SMILES string of the molecule is CCCCC(=O)O.O=C(NCC(=O)N1CCNCC1)c1csc(-c2ccccc2)n1. The standard InChI is InChI=1S/C16H18N4O2S.C5H10O2/c21-14(20-8-6-17-7-9-20)10-18-15(22)13-11-23-16(19-13)12-4-2-1-3-5-12;1-2-3-4-5(6)7/h1-5,11,17H,6-10H2,(H,18,22);2-4H2,1H3,(H,6,7). The van der Waals surface area contributed by atoms with Crippen molar-refractivity contribution in [3.63, 3.8) is 0 Å². The summed E-state index contributed by atoms with van der Waals surface area (Å²) in [4.78, 5) is 40.0.